The average molecular weight is 324 g/mol. The summed E-state index contributed by atoms with van der Waals surface area (Å²) in [5.74, 6) is 0.882. The Morgan fingerprint density at radius 3 is 2.63 bits per heavy atom. The van der Waals surface area contributed by atoms with Crippen LogP contribution in [0.2, 0.25) is 0 Å². The van der Waals surface area contributed by atoms with Crippen LogP contribution in [0, 0.1) is 0 Å². The molecule has 2 rings (SSSR count). The lowest BCUT2D eigenvalue weighted by Gasteiger charge is -2.17. The fraction of sp³-hybridized carbons (Fsp3) is 0.333. The minimum atomic E-state index is 0.0730. The van der Waals surface area contributed by atoms with E-state index >= 15 is 0 Å². The van der Waals surface area contributed by atoms with Crippen molar-refractivity contribution in [1.82, 2.24) is 5.32 Å². The van der Waals surface area contributed by atoms with Crippen molar-refractivity contribution < 1.29 is 9.15 Å². The van der Waals surface area contributed by atoms with E-state index in [2.05, 4.69) is 33.4 Å². The van der Waals surface area contributed by atoms with Crippen molar-refractivity contribution in [3.8, 4) is 5.75 Å². The van der Waals surface area contributed by atoms with Gasteiger partial charge in [-0.2, -0.15) is 0 Å². The largest absolute Gasteiger partial charge is 0.491 e. The lowest BCUT2D eigenvalue weighted by molar-refractivity contribution is 0.242. The predicted octanol–water partition coefficient (Wildman–Crippen LogP) is 4.14. The summed E-state index contributed by atoms with van der Waals surface area (Å²) in [5, 5.41) is 3.30. The first-order valence-electron chi connectivity index (χ1n) is 6.28. The smallest absolute Gasteiger partial charge is 0.174 e. The Labute approximate surface area is 122 Å². The highest BCUT2D eigenvalue weighted by atomic mass is 79.9. The highest BCUT2D eigenvalue weighted by Crippen LogP contribution is 2.30. The van der Waals surface area contributed by atoms with E-state index in [0.29, 0.717) is 0 Å². The number of furan rings is 1. The zero-order valence-electron chi connectivity index (χ0n) is 11.3. The fourth-order valence-electron chi connectivity index (χ4n) is 2.05. The third kappa shape index (κ3) is 3.39. The quantitative estimate of drug-likeness (QED) is 0.898. The van der Waals surface area contributed by atoms with E-state index in [-0.39, 0.29) is 12.1 Å². The Kier molecular flexibility index (Phi) is 4.66. The zero-order valence-corrected chi connectivity index (χ0v) is 12.9. The Bertz CT molecular complexity index is 536. The van der Waals surface area contributed by atoms with Gasteiger partial charge in [-0.15, -0.1) is 0 Å². The molecule has 0 saturated heterocycles. The number of rotatable bonds is 5. The monoisotopic (exact) mass is 323 g/mol. The SMILES string of the molecule is CNC(c1cccc(OC(C)C)c1)c1ccoc1Br. The second kappa shape index (κ2) is 6.26. The molecule has 3 nitrogen and oxygen atoms in total. The number of hydrogen-bond donors (Lipinski definition) is 1. The molecule has 0 aliphatic heterocycles. The van der Waals surface area contributed by atoms with Gasteiger partial charge in [0.15, 0.2) is 4.67 Å². The molecule has 0 fully saturated rings. The molecule has 0 aliphatic rings. The average Bonchev–Trinajstić information content (AvgIpc) is 2.77. The molecule has 0 amide bonds. The topological polar surface area (TPSA) is 34.4 Å². The maximum atomic E-state index is 5.73. The molecule has 19 heavy (non-hydrogen) atoms. The third-order valence-electron chi connectivity index (χ3n) is 2.81. The Hall–Kier alpha value is -1.26. The first-order valence-corrected chi connectivity index (χ1v) is 7.08. The standard InChI is InChI=1S/C15H18BrNO2/c1-10(2)19-12-6-4-5-11(9-12)14(17-3)13-7-8-18-15(13)16/h4-10,14,17H,1-3H3. The zero-order chi connectivity index (χ0) is 13.8. The molecule has 0 spiro atoms. The summed E-state index contributed by atoms with van der Waals surface area (Å²) in [6.07, 6.45) is 1.85. The number of hydrogen-bond acceptors (Lipinski definition) is 3. The molecule has 1 aromatic carbocycles. The van der Waals surface area contributed by atoms with E-state index in [1.54, 1.807) is 6.26 Å². The van der Waals surface area contributed by atoms with Gasteiger partial charge in [0.25, 0.3) is 0 Å². The summed E-state index contributed by atoms with van der Waals surface area (Å²) in [7, 11) is 1.93. The van der Waals surface area contributed by atoms with Gasteiger partial charge >= 0.3 is 0 Å². The van der Waals surface area contributed by atoms with Gasteiger partial charge in [-0.3, -0.25) is 0 Å². The van der Waals surface area contributed by atoms with Crippen LogP contribution in [0.1, 0.15) is 31.0 Å². The molecule has 0 aliphatic carbocycles. The van der Waals surface area contributed by atoms with Gasteiger partial charge in [-0.1, -0.05) is 12.1 Å². The van der Waals surface area contributed by atoms with Crippen LogP contribution >= 0.6 is 15.9 Å². The molecule has 2 aromatic rings. The highest BCUT2D eigenvalue weighted by Gasteiger charge is 2.17. The fourth-order valence-corrected chi connectivity index (χ4v) is 2.52. The third-order valence-corrected chi connectivity index (χ3v) is 3.45. The van der Waals surface area contributed by atoms with Crippen LogP contribution < -0.4 is 10.1 Å². The van der Waals surface area contributed by atoms with Crippen molar-refractivity contribution in [2.24, 2.45) is 0 Å². The van der Waals surface area contributed by atoms with Crippen molar-refractivity contribution in [1.29, 1.82) is 0 Å². The van der Waals surface area contributed by atoms with Crippen molar-refractivity contribution in [3.05, 3.63) is 52.4 Å². The van der Waals surface area contributed by atoms with Crippen molar-refractivity contribution in [2.75, 3.05) is 7.05 Å². The first kappa shape index (κ1) is 14.2. The molecule has 102 valence electrons. The van der Waals surface area contributed by atoms with Gasteiger partial charge in [0.05, 0.1) is 18.4 Å². The van der Waals surface area contributed by atoms with Crippen LogP contribution in [-0.2, 0) is 0 Å². The first-order chi connectivity index (χ1) is 9.11. The molecule has 1 unspecified atom stereocenters. The van der Waals surface area contributed by atoms with Crippen LogP contribution in [-0.4, -0.2) is 13.2 Å². The van der Waals surface area contributed by atoms with Gasteiger partial charge in [-0.25, -0.2) is 0 Å². The molecule has 1 atom stereocenters. The summed E-state index contributed by atoms with van der Waals surface area (Å²) in [5.41, 5.74) is 2.21. The predicted molar refractivity (Wildman–Crippen MR) is 79.5 cm³/mol. The number of halogens is 1. The Balaban J connectivity index is 2.31. The van der Waals surface area contributed by atoms with Gasteiger partial charge in [0.2, 0.25) is 0 Å². The normalized spacial score (nSPS) is 12.7. The van der Waals surface area contributed by atoms with E-state index in [4.69, 9.17) is 9.15 Å². The molecule has 1 N–H and O–H groups in total. The van der Waals surface area contributed by atoms with Gasteiger partial charge < -0.3 is 14.5 Å². The van der Waals surface area contributed by atoms with Crippen molar-refractivity contribution >= 4 is 15.9 Å². The molecular weight excluding hydrogens is 306 g/mol. The van der Waals surface area contributed by atoms with E-state index in [1.807, 2.05) is 39.1 Å². The van der Waals surface area contributed by atoms with Gasteiger partial charge in [0, 0.05) is 5.56 Å². The lowest BCUT2D eigenvalue weighted by atomic mass is 10.0. The van der Waals surface area contributed by atoms with E-state index in [9.17, 15) is 0 Å². The summed E-state index contributed by atoms with van der Waals surface area (Å²) in [6, 6.07) is 10.1. The molecule has 1 aromatic heterocycles. The second-order valence-corrected chi connectivity index (χ2v) is 5.33. The van der Waals surface area contributed by atoms with E-state index in [0.717, 1.165) is 21.5 Å². The molecule has 1 heterocycles. The highest BCUT2D eigenvalue weighted by molar-refractivity contribution is 9.10. The minimum Gasteiger partial charge on any atom is -0.491 e. The van der Waals surface area contributed by atoms with Crippen LogP contribution in [0.5, 0.6) is 5.75 Å². The molecule has 0 saturated carbocycles. The van der Waals surface area contributed by atoms with E-state index < -0.39 is 0 Å². The molecular formula is C15H18BrNO2. The summed E-state index contributed by atoms with van der Waals surface area (Å²) < 4.78 is 11.8. The van der Waals surface area contributed by atoms with Gasteiger partial charge in [-0.05, 0) is 60.6 Å². The number of ether oxygens (including phenoxy) is 1. The maximum absolute atomic E-state index is 5.73. The second-order valence-electron chi connectivity index (χ2n) is 4.61. The minimum absolute atomic E-state index is 0.0730. The Morgan fingerprint density at radius 1 is 1.26 bits per heavy atom. The van der Waals surface area contributed by atoms with Gasteiger partial charge in [0.1, 0.15) is 5.75 Å². The maximum Gasteiger partial charge on any atom is 0.174 e. The van der Waals surface area contributed by atoms with Crippen molar-refractivity contribution in [3.63, 3.8) is 0 Å². The molecule has 0 bridgehead atoms. The summed E-state index contributed by atoms with van der Waals surface area (Å²) >= 11 is 3.43. The van der Waals surface area contributed by atoms with E-state index in [1.165, 1.54) is 0 Å². The number of nitrogens with one attached hydrogen (secondary N) is 1. The van der Waals surface area contributed by atoms with Crippen LogP contribution in [0.4, 0.5) is 0 Å². The molecule has 4 heteroatoms. The summed E-state index contributed by atoms with van der Waals surface area (Å²) in [4.78, 5) is 0. The van der Waals surface area contributed by atoms with Crippen LogP contribution in [0.15, 0.2) is 45.7 Å². The number of benzene rings is 1. The van der Waals surface area contributed by atoms with Crippen LogP contribution in [0.25, 0.3) is 0 Å². The summed E-state index contributed by atoms with van der Waals surface area (Å²) in [6.45, 7) is 4.05. The molecule has 0 radical (unpaired) electrons. The van der Waals surface area contributed by atoms with Crippen LogP contribution in [0.3, 0.4) is 0 Å². The lowest BCUT2D eigenvalue weighted by Crippen LogP contribution is -2.17. The van der Waals surface area contributed by atoms with Crippen molar-refractivity contribution in [2.45, 2.75) is 26.0 Å². The Morgan fingerprint density at radius 2 is 2.05 bits per heavy atom.